The highest BCUT2D eigenvalue weighted by molar-refractivity contribution is 9.10. The van der Waals surface area contributed by atoms with Gasteiger partial charge < -0.3 is 15.4 Å². The average Bonchev–Trinajstić information content (AvgIpc) is 2.44. The van der Waals surface area contributed by atoms with E-state index in [1.165, 1.54) is 5.56 Å². The van der Waals surface area contributed by atoms with Crippen LogP contribution in [0.2, 0.25) is 0 Å². The second-order valence-corrected chi connectivity index (χ2v) is 5.78. The van der Waals surface area contributed by atoms with E-state index in [4.69, 9.17) is 17.0 Å². The summed E-state index contributed by atoms with van der Waals surface area (Å²) in [7, 11) is 0. The van der Waals surface area contributed by atoms with Crippen LogP contribution in [0.3, 0.4) is 0 Å². The fraction of sp³-hybridized carbons (Fsp3) is 0.188. The molecule has 2 aromatic rings. The summed E-state index contributed by atoms with van der Waals surface area (Å²) in [6, 6.07) is 13.8. The van der Waals surface area contributed by atoms with Crippen LogP contribution in [0.4, 0.5) is 11.4 Å². The third-order valence-corrected chi connectivity index (χ3v) is 3.66. The molecule has 0 atom stereocenters. The lowest BCUT2D eigenvalue weighted by Gasteiger charge is -2.12. The van der Waals surface area contributed by atoms with Crippen molar-refractivity contribution in [3.05, 3.63) is 52.5 Å². The Hall–Kier alpha value is -1.59. The van der Waals surface area contributed by atoms with Crippen molar-refractivity contribution < 1.29 is 4.74 Å². The first-order valence-corrected chi connectivity index (χ1v) is 7.85. The van der Waals surface area contributed by atoms with Crippen LogP contribution in [-0.2, 0) is 0 Å². The maximum absolute atomic E-state index is 5.41. The second kappa shape index (κ2) is 7.43. The Kier molecular flexibility index (Phi) is 5.59. The molecule has 2 rings (SSSR count). The van der Waals surface area contributed by atoms with E-state index < -0.39 is 0 Å². The molecule has 5 heteroatoms. The molecule has 0 aliphatic carbocycles. The van der Waals surface area contributed by atoms with E-state index in [0.29, 0.717) is 11.7 Å². The minimum Gasteiger partial charge on any atom is -0.494 e. The molecular weight excluding hydrogens is 348 g/mol. The molecule has 0 heterocycles. The Labute approximate surface area is 138 Å². The zero-order chi connectivity index (χ0) is 15.2. The van der Waals surface area contributed by atoms with Crippen LogP contribution in [0.1, 0.15) is 12.5 Å². The third kappa shape index (κ3) is 4.72. The SMILES string of the molecule is CCOc1ccc(NC(=S)Nc2ccc(C)cc2Br)cc1. The summed E-state index contributed by atoms with van der Waals surface area (Å²) in [6.45, 7) is 4.67. The maximum atomic E-state index is 5.41. The monoisotopic (exact) mass is 364 g/mol. The van der Waals surface area contributed by atoms with Gasteiger partial charge in [-0.15, -0.1) is 0 Å². The molecule has 21 heavy (non-hydrogen) atoms. The standard InChI is InChI=1S/C16H17BrN2OS/c1-3-20-13-7-5-12(6-8-13)18-16(21)19-15-9-4-11(2)10-14(15)17/h4-10H,3H2,1-2H3,(H2,18,19,21). The summed E-state index contributed by atoms with van der Waals surface area (Å²) < 4.78 is 6.39. The second-order valence-electron chi connectivity index (χ2n) is 4.52. The largest absolute Gasteiger partial charge is 0.494 e. The van der Waals surface area contributed by atoms with Crippen LogP contribution < -0.4 is 15.4 Å². The highest BCUT2D eigenvalue weighted by Crippen LogP contribution is 2.23. The van der Waals surface area contributed by atoms with Gasteiger partial charge in [0.25, 0.3) is 0 Å². The van der Waals surface area contributed by atoms with E-state index in [9.17, 15) is 0 Å². The van der Waals surface area contributed by atoms with Gasteiger partial charge in [-0.05, 0) is 84.0 Å². The van der Waals surface area contributed by atoms with Gasteiger partial charge >= 0.3 is 0 Å². The van der Waals surface area contributed by atoms with Gasteiger partial charge in [0, 0.05) is 10.2 Å². The van der Waals surface area contributed by atoms with E-state index in [-0.39, 0.29) is 0 Å². The Morgan fingerprint density at radius 2 is 1.86 bits per heavy atom. The van der Waals surface area contributed by atoms with Crippen molar-refractivity contribution in [1.82, 2.24) is 0 Å². The summed E-state index contributed by atoms with van der Waals surface area (Å²) in [5, 5.41) is 6.86. The van der Waals surface area contributed by atoms with Gasteiger partial charge in [0.15, 0.2) is 5.11 Å². The van der Waals surface area contributed by atoms with Crippen molar-refractivity contribution >= 4 is 44.6 Å². The number of thiocarbonyl (C=S) groups is 1. The summed E-state index contributed by atoms with van der Waals surface area (Å²) in [4.78, 5) is 0. The predicted molar refractivity (Wildman–Crippen MR) is 96.3 cm³/mol. The van der Waals surface area contributed by atoms with Crippen molar-refractivity contribution in [3.8, 4) is 5.75 Å². The van der Waals surface area contributed by atoms with Gasteiger partial charge in [0.1, 0.15) is 5.75 Å². The summed E-state index contributed by atoms with van der Waals surface area (Å²) in [6.07, 6.45) is 0. The van der Waals surface area contributed by atoms with E-state index >= 15 is 0 Å². The lowest BCUT2D eigenvalue weighted by Crippen LogP contribution is -2.19. The molecule has 3 nitrogen and oxygen atoms in total. The van der Waals surface area contributed by atoms with Crippen LogP contribution in [0.25, 0.3) is 0 Å². The molecule has 0 fully saturated rings. The molecule has 0 radical (unpaired) electrons. The van der Waals surface area contributed by atoms with Gasteiger partial charge in [-0.25, -0.2) is 0 Å². The number of anilines is 2. The quantitative estimate of drug-likeness (QED) is 0.750. The topological polar surface area (TPSA) is 33.3 Å². The molecule has 2 aromatic carbocycles. The first-order valence-electron chi connectivity index (χ1n) is 6.65. The smallest absolute Gasteiger partial charge is 0.175 e. The van der Waals surface area contributed by atoms with E-state index in [2.05, 4.69) is 26.6 Å². The van der Waals surface area contributed by atoms with Crippen molar-refractivity contribution in [1.29, 1.82) is 0 Å². The van der Waals surface area contributed by atoms with Crippen molar-refractivity contribution in [2.75, 3.05) is 17.2 Å². The number of nitrogens with one attached hydrogen (secondary N) is 2. The van der Waals surface area contributed by atoms with Crippen LogP contribution in [0, 0.1) is 6.92 Å². The van der Waals surface area contributed by atoms with E-state index in [1.54, 1.807) is 0 Å². The van der Waals surface area contributed by atoms with Crippen LogP contribution >= 0.6 is 28.1 Å². The first-order chi connectivity index (χ1) is 10.1. The molecule has 0 aliphatic rings. The third-order valence-electron chi connectivity index (χ3n) is 2.80. The minimum absolute atomic E-state index is 0.545. The number of hydrogen-bond donors (Lipinski definition) is 2. The van der Waals surface area contributed by atoms with Crippen molar-refractivity contribution in [2.45, 2.75) is 13.8 Å². The van der Waals surface area contributed by atoms with Crippen LogP contribution in [0.15, 0.2) is 46.9 Å². The normalized spacial score (nSPS) is 10.0. The molecule has 0 saturated carbocycles. The highest BCUT2D eigenvalue weighted by Gasteiger charge is 2.03. The molecule has 0 unspecified atom stereocenters. The first kappa shape index (κ1) is 15.8. The number of aryl methyl sites for hydroxylation is 1. The van der Waals surface area contributed by atoms with Gasteiger partial charge in [0.2, 0.25) is 0 Å². The Morgan fingerprint density at radius 3 is 2.48 bits per heavy atom. The number of halogens is 1. The van der Waals surface area contributed by atoms with E-state index in [1.807, 2.05) is 56.3 Å². The molecule has 0 aromatic heterocycles. The Bertz CT molecular complexity index is 629. The maximum Gasteiger partial charge on any atom is 0.175 e. The summed E-state index contributed by atoms with van der Waals surface area (Å²) in [5.41, 5.74) is 3.04. The highest BCUT2D eigenvalue weighted by atomic mass is 79.9. The summed E-state index contributed by atoms with van der Waals surface area (Å²) in [5.74, 6) is 0.850. The molecular formula is C16H17BrN2OS. The molecule has 110 valence electrons. The fourth-order valence-corrected chi connectivity index (χ4v) is 2.63. The number of rotatable bonds is 4. The number of ether oxygens (including phenoxy) is 1. The van der Waals surface area contributed by atoms with E-state index in [0.717, 1.165) is 21.6 Å². The van der Waals surface area contributed by atoms with Crippen LogP contribution in [0.5, 0.6) is 5.75 Å². The molecule has 2 N–H and O–H groups in total. The number of benzene rings is 2. The molecule has 0 amide bonds. The zero-order valence-corrected chi connectivity index (χ0v) is 14.3. The van der Waals surface area contributed by atoms with Gasteiger partial charge in [-0.3, -0.25) is 0 Å². The lowest BCUT2D eigenvalue weighted by molar-refractivity contribution is 0.340. The predicted octanol–water partition coefficient (Wildman–Crippen LogP) is 4.97. The van der Waals surface area contributed by atoms with Crippen molar-refractivity contribution in [3.63, 3.8) is 0 Å². The molecule has 0 spiro atoms. The average molecular weight is 365 g/mol. The van der Waals surface area contributed by atoms with Crippen molar-refractivity contribution in [2.24, 2.45) is 0 Å². The number of hydrogen-bond acceptors (Lipinski definition) is 2. The van der Waals surface area contributed by atoms with Crippen LogP contribution in [-0.4, -0.2) is 11.7 Å². The zero-order valence-electron chi connectivity index (χ0n) is 11.9. The Morgan fingerprint density at radius 1 is 1.14 bits per heavy atom. The summed E-state index contributed by atoms with van der Waals surface area (Å²) >= 11 is 8.84. The Balaban J connectivity index is 1.98. The molecule has 0 saturated heterocycles. The van der Waals surface area contributed by atoms with Gasteiger partial charge in [-0.1, -0.05) is 6.07 Å². The molecule has 0 aliphatic heterocycles. The lowest BCUT2D eigenvalue weighted by atomic mass is 10.2. The van der Waals surface area contributed by atoms with Gasteiger partial charge in [-0.2, -0.15) is 0 Å². The van der Waals surface area contributed by atoms with Gasteiger partial charge in [0.05, 0.1) is 12.3 Å². The fourth-order valence-electron chi connectivity index (χ4n) is 1.81. The molecule has 0 bridgehead atoms. The minimum atomic E-state index is 0.545.